The number of hydrogen-bond acceptors (Lipinski definition) is 9. The molecule has 3 unspecified atom stereocenters. The molecule has 1 rings (SSSR count). The highest BCUT2D eigenvalue weighted by molar-refractivity contribution is 5.34. The largest absolute Gasteiger partial charge is 0.339 e. The van der Waals surface area contributed by atoms with E-state index in [2.05, 4.69) is 15.0 Å². The molecule has 0 aliphatic rings. The van der Waals surface area contributed by atoms with E-state index in [0.717, 1.165) is 0 Å². The fourth-order valence-corrected chi connectivity index (χ4v) is 2.54. The molecular formula is C15H18N6O6. The van der Waals surface area contributed by atoms with Crippen molar-refractivity contribution in [2.24, 2.45) is 15.0 Å². The lowest BCUT2D eigenvalue weighted by Gasteiger charge is -2.20. The van der Waals surface area contributed by atoms with E-state index in [9.17, 15) is 28.8 Å². The van der Waals surface area contributed by atoms with Gasteiger partial charge in [-0.25, -0.2) is 42.5 Å². The van der Waals surface area contributed by atoms with Gasteiger partial charge in [-0.2, -0.15) is 15.0 Å². The molecule has 0 saturated carbocycles. The Bertz CT molecular complexity index is 842. The van der Waals surface area contributed by atoms with Gasteiger partial charge in [0.15, 0.2) is 0 Å². The topological polar surface area (TPSA) is 154 Å². The van der Waals surface area contributed by atoms with E-state index in [4.69, 9.17) is 0 Å². The first-order valence-corrected chi connectivity index (χ1v) is 8.13. The molecule has 12 heteroatoms. The minimum Gasteiger partial charge on any atom is -0.247 e. The average molecular weight is 378 g/mol. The van der Waals surface area contributed by atoms with Crippen molar-refractivity contribution in [2.45, 2.75) is 58.5 Å². The molecule has 0 aliphatic heterocycles. The molecule has 0 fully saturated rings. The fourth-order valence-electron chi connectivity index (χ4n) is 2.54. The minimum absolute atomic E-state index is 0.0596. The zero-order chi connectivity index (χ0) is 20.6. The van der Waals surface area contributed by atoms with Gasteiger partial charge in [0.2, 0.25) is 18.2 Å². The number of nitrogens with zero attached hydrogens (tertiary/aromatic N) is 6. The van der Waals surface area contributed by atoms with Crippen LogP contribution < -0.4 is 17.1 Å². The first kappa shape index (κ1) is 21.6. The van der Waals surface area contributed by atoms with Crippen molar-refractivity contribution >= 4 is 18.2 Å². The van der Waals surface area contributed by atoms with E-state index in [0.29, 0.717) is 13.7 Å². The Hall–Kier alpha value is -3.45. The summed E-state index contributed by atoms with van der Waals surface area (Å²) >= 11 is 0. The maximum atomic E-state index is 12.8. The second-order valence-corrected chi connectivity index (χ2v) is 5.29. The van der Waals surface area contributed by atoms with Gasteiger partial charge < -0.3 is 0 Å². The molecule has 1 heterocycles. The molecule has 144 valence electrons. The van der Waals surface area contributed by atoms with E-state index in [1.807, 2.05) is 0 Å². The molecule has 3 atom stereocenters. The molecule has 12 nitrogen and oxygen atoms in total. The standard InChI is InChI=1S/C15H18N6O6/c1-4-10(16-7-22)19-13(25)20(11(5-2)17-8-23)15(27)21(14(19)26)12(6-3)18-9-24/h10-12H,4-6H2,1-3H3. The highest BCUT2D eigenvalue weighted by Crippen LogP contribution is 2.12. The summed E-state index contributed by atoms with van der Waals surface area (Å²) in [5.41, 5.74) is -3.33. The lowest BCUT2D eigenvalue weighted by molar-refractivity contribution is 0.328. The summed E-state index contributed by atoms with van der Waals surface area (Å²) in [7, 11) is 0. The zero-order valence-corrected chi connectivity index (χ0v) is 15.0. The zero-order valence-electron chi connectivity index (χ0n) is 15.0. The van der Waals surface area contributed by atoms with Crippen molar-refractivity contribution in [3.63, 3.8) is 0 Å². The van der Waals surface area contributed by atoms with Gasteiger partial charge in [0.05, 0.1) is 0 Å². The summed E-state index contributed by atoms with van der Waals surface area (Å²) < 4.78 is 1.70. The smallest absolute Gasteiger partial charge is 0.247 e. The summed E-state index contributed by atoms with van der Waals surface area (Å²) in [5, 5.41) is 0. The van der Waals surface area contributed by atoms with Crippen LogP contribution in [-0.4, -0.2) is 31.9 Å². The third-order valence-electron chi connectivity index (χ3n) is 3.83. The van der Waals surface area contributed by atoms with E-state index >= 15 is 0 Å². The maximum absolute atomic E-state index is 12.8. The SMILES string of the molecule is CCC(N=C=O)n1c(=O)n(C(CC)N=C=O)c(=O)n(C(CC)N=C=O)c1=O. The third-order valence-corrected chi connectivity index (χ3v) is 3.83. The minimum atomic E-state index is -1.24. The predicted molar refractivity (Wildman–Crippen MR) is 91.6 cm³/mol. The Balaban J connectivity index is 4.17. The highest BCUT2D eigenvalue weighted by atomic mass is 16.2. The van der Waals surface area contributed by atoms with Crippen LogP contribution in [0.5, 0.6) is 0 Å². The molecule has 0 amide bonds. The van der Waals surface area contributed by atoms with Crippen LogP contribution in [0.25, 0.3) is 0 Å². The van der Waals surface area contributed by atoms with Gasteiger partial charge in [0.25, 0.3) is 0 Å². The van der Waals surface area contributed by atoms with Gasteiger partial charge in [-0.05, 0) is 19.3 Å². The van der Waals surface area contributed by atoms with Crippen LogP contribution in [0.15, 0.2) is 29.4 Å². The maximum Gasteiger partial charge on any atom is 0.339 e. The second kappa shape index (κ2) is 9.88. The van der Waals surface area contributed by atoms with Crippen LogP contribution in [0.4, 0.5) is 0 Å². The quantitative estimate of drug-likeness (QED) is 0.432. The summed E-state index contributed by atoms with van der Waals surface area (Å²) in [4.78, 5) is 80.7. The molecule has 0 bridgehead atoms. The molecule has 0 aliphatic carbocycles. The molecule has 0 radical (unpaired) electrons. The van der Waals surface area contributed by atoms with E-state index in [1.54, 1.807) is 20.8 Å². The Morgan fingerprint density at radius 2 is 0.852 bits per heavy atom. The Morgan fingerprint density at radius 3 is 1.00 bits per heavy atom. The third kappa shape index (κ3) is 4.21. The summed E-state index contributed by atoms with van der Waals surface area (Å²) in [6.45, 7) is 4.66. The predicted octanol–water partition coefficient (Wildman–Crippen LogP) is -0.0951. The average Bonchev–Trinajstić information content (AvgIpc) is 2.65. The van der Waals surface area contributed by atoms with Crippen molar-refractivity contribution in [1.82, 2.24) is 13.7 Å². The number of rotatable bonds is 9. The van der Waals surface area contributed by atoms with Crippen molar-refractivity contribution < 1.29 is 14.4 Å². The van der Waals surface area contributed by atoms with Gasteiger partial charge in [-0.1, -0.05) is 20.8 Å². The number of hydrogen-bond donors (Lipinski definition) is 0. The van der Waals surface area contributed by atoms with E-state index in [-0.39, 0.29) is 19.3 Å². The van der Waals surface area contributed by atoms with Crippen LogP contribution in [-0.2, 0) is 14.4 Å². The van der Waals surface area contributed by atoms with E-state index in [1.165, 1.54) is 18.2 Å². The first-order valence-electron chi connectivity index (χ1n) is 8.13. The van der Waals surface area contributed by atoms with Gasteiger partial charge >= 0.3 is 17.1 Å². The lowest BCUT2D eigenvalue weighted by Crippen LogP contribution is -2.56. The summed E-state index contributed by atoms with van der Waals surface area (Å²) in [6, 6.07) is 0. The molecule has 0 N–H and O–H groups in total. The first-order chi connectivity index (χ1) is 12.9. The molecule has 1 aromatic heterocycles. The monoisotopic (exact) mass is 378 g/mol. The van der Waals surface area contributed by atoms with Crippen LogP contribution in [0.3, 0.4) is 0 Å². The summed E-state index contributed by atoms with van der Waals surface area (Å²) in [6.07, 6.45) is 0.270. The Labute approximate surface area is 152 Å². The Kier molecular flexibility index (Phi) is 7.90. The molecule has 27 heavy (non-hydrogen) atoms. The number of aliphatic imine (C=N–C) groups is 3. The van der Waals surface area contributed by atoms with Gasteiger partial charge in [0.1, 0.15) is 18.5 Å². The van der Waals surface area contributed by atoms with Gasteiger partial charge in [0, 0.05) is 0 Å². The van der Waals surface area contributed by atoms with Crippen LogP contribution >= 0.6 is 0 Å². The van der Waals surface area contributed by atoms with Gasteiger partial charge in [-0.3, -0.25) is 0 Å². The molecule has 0 saturated heterocycles. The van der Waals surface area contributed by atoms with Gasteiger partial charge in [-0.15, -0.1) is 0 Å². The highest BCUT2D eigenvalue weighted by Gasteiger charge is 2.27. The fraction of sp³-hybridized carbons (Fsp3) is 0.600. The van der Waals surface area contributed by atoms with Crippen LogP contribution in [0, 0.1) is 0 Å². The van der Waals surface area contributed by atoms with Crippen molar-refractivity contribution in [1.29, 1.82) is 0 Å². The van der Waals surface area contributed by atoms with Crippen LogP contribution in [0.2, 0.25) is 0 Å². The summed E-state index contributed by atoms with van der Waals surface area (Å²) in [5.74, 6) is 0. The Morgan fingerprint density at radius 1 is 0.630 bits per heavy atom. The molecule has 0 spiro atoms. The lowest BCUT2D eigenvalue weighted by atomic mass is 10.3. The molecule has 0 aromatic carbocycles. The van der Waals surface area contributed by atoms with E-state index < -0.39 is 35.6 Å². The number of aromatic nitrogens is 3. The molecule has 1 aromatic rings. The van der Waals surface area contributed by atoms with Crippen molar-refractivity contribution in [3.8, 4) is 0 Å². The van der Waals surface area contributed by atoms with Crippen molar-refractivity contribution in [2.75, 3.05) is 0 Å². The van der Waals surface area contributed by atoms with Crippen molar-refractivity contribution in [3.05, 3.63) is 31.5 Å². The van der Waals surface area contributed by atoms with Crippen LogP contribution in [0.1, 0.15) is 58.5 Å². The molecular weight excluding hydrogens is 360 g/mol. The normalized spacial score (nSPS) is 13.4. The second-order valence-electron chi connectivity index (χ2n) is 5.29. The number of isocyanates is 3. The number of carbonyl (C=O) groups excluding carboxylic acids is 3.